The third-order valence-electron chi connectivity index (χ3n) is 4.37. The molecule has 0 atom stereocenters. The van der Waals surface area contributed by atoms with Crippen LogP contribution in [0.25, 0.3) is 10.2 Å². The number of hydrogen-bond acceptors (Lipinski definition) is 5. The molecule has 0 spiro atoms. The minimum Gasteiger partial charge on any atom is -0.315 e. The highest BCUT2D eigenvalue weighted by Gasteiger charge is 2.35. The highest BCUT2D eigenvalue weighted by atomic mass is 32.2. The van der Waals surface area contributed by atoms with Gasteiger partial charge in [0.2, 0.25) is 20.1 Å². The Morgan fingerprint density at radius 1 is 1.09 bits per heavy atom. The van der Waals surface area contributed by atoms with Gasteiger partial charge in [-0.25, -0.2) is 13.4 Å². The van der Waals surface area contributed by atoms with E-state index in [0.29, 0.717) is 48.3 Å². The van der Waals surface area contributed by atoms with Crippen LogP contribution in [0, 0.1) is 0 Å². The Morgan fingerprint density at radius 3 is 2.74 bits per heavy atom. The van der Waals surface area contributed by atoms with Gasteiger partial charge in [-0.2, -0.15) is 0 Å². The molecule has 7 heteroatoms. The number of fused-ring (bicyclic) bond motifs is 2. The van der Waals surface area contributed by atoms with E-state index in [1.807, 2.05) is 24.3 Å². The third kappa shape index (κ3) is 2.38. The molecule has 23 heavy (non-hydrogen) atoms. The first kappa shape index (κ1) is 14.8. The molecule has 3 heterocycles. The molecule has 0 N–H and O–H groups in total. The highest BCUT2D eigenvalue weighted by Crippen LogP contribution is 2.38. The Balaban J connectivity index is 1.85. The summed E-state index contributed by atoms with van der Waals surface area (Å²) in [5.41, 5.74) is 1.40. The molecule has 0 bridgehead atoms. The summed E-state index contributed by atoms with van der Waals surface area (Å²) in [6.45, 7) is 0.632. The maximum Gasteiger partial charge on any atom is 0.231 e. The quantitative estimate of drug-likeness (QED) is 0.836. The van der Waals surface area contributed by atoms with Gasteiger partial charge in [0, 0.05) is 18.7 Å². The van der Waals surface area contributed by atoms with Gasteiger partial charge in [-0.05, 0) is 37.8 Å². The van der Waals surface area contributed by atoms with Gasteiger partial charge in [0.15, 0.2) is 0 Å². The van der Waals surface area contributed by atoms with Crippen molar-refractivity contribution < 1.29 is 13.2 Å². The molecule has 0 aliphatic carbocycles. The van der Waals surface area contributed by atoms with Crippen molar-refractivity contribution in [2.24, 2.45) is 0 Å². The van der Waals surface area contributed by atoms with Crippen molar-refractivity contribution >= 4 is 37.3 Å². The Kier molecular flexibility index (Phi) is 3.50. The summed E-state index contributed by atoms with van der Waals surface area (Å²) in [7, 11) is -3.62. The van der Waals surface area contributed by atoms with E-state index in [1.165, 1.54) is 11.3 Å². The molecule has 4 rings (SSSR count). The molecule has 2 aromatic rings. The van der Waals surface area contributed by atoms with E-state index < -0.39 is 9.84 Å². The van der Waals surface area contributed by atoms with Crippen LogP contribution < -0.4 is 0 Å². The second-order valence-corrected chi connectivity index (χ2v) is 9.00. The number of rotatable bonds is 2. The van der Waals surface area contributed by atoms with E-state index in [4.69, 9.17) is 0 Å². The average molecular weight is 348 g/mol. The van der Waals surface area contributed by atoms with Crippen molar-refractivity contribution in [2.45, 2.75) is 36.4 Å². The standard InChI is InChI=1S/C16H16N2O3S2/c19-15-9-3-6-12-14(8-4-10-18(12)15)23(20,21)16-17-11-5-1-2-7-13(11)22-16/h1-2,5,7H,3-4,6,8-10H2. The second-order valence-electron chi connectivity index (χ2n) is 5.82. The summed E-state index contributed by atoms with van der Waals surface area (Å²) >= 11 is 1.20. The first-order valence-corrected chi connectivity index (χ1v) is 10.0. The van der Waals surface area contributed by atoms with E-state index in [1.54, 1.807) is 4.90 Å². The minimum atomic E-state index is -3.62. The molecule has 1 fully saturated rings. The summed E-state index contributed by atoms with van der Waals surface area (Å²) < 4.78 is 27.1. The largest absolute Gasteiger partial charge is 0.315 e. The van der Waals surface area contributed by atoms with E-state index in [2.05, 4.69) is 4.98 Å². The molecule has 1 saturated heterocycles. The zero-order valence-electron chi connectivity index (χ0n) is 12.5. The van der Waals surface area contributed by atoms with E-state index in [-0.39, 0.29) is 10.2 Å². The summed E-state index contributed by atoms with van der Waals surface area (Å²) in [4.78, 5) is 18.4. The number of nitrogens with zero attached hydrogens (tertiary/aromatic N) is 2. The van der Waals surface area contributed by atoms with Gasteiger partial charge >= 0.3 is 0 Å². The first-order valence-electron chi connectivity index (χ1n) is 7.70. The molecular formula is C16H16N2O3S2. The number of carbonyl (C=O) groups is 1. The van der Waals surface area contributed by atoms with E-state index in [0.717, 1.165) is 11.1 Å². The topological polar surface area (TPSA) is 67.3 Å². The zero-order valence-corrected chi connectivity index (χ0v) is 14.1. The van der Waals surface area contributed by atoms with Gasteiger partial charge in [0.1, 0.15) is 0 Å². The van der Waals surface area contributed by atoms with Crippen LogP contribution in [-0.2, 0) is 14.6 Å². The Bertz CT molecular complexity index is 895. The number of sulfone groups is 1. The van der Waals surface area contributed by atoms with Crippen molar-refractivity contribution in [3.05, 3.63) is 34.9 Å². The predicted octanol–water partition coefficient (Wildman–Crippen LogP) is 3.09. The fourth-order valence-electron chi connectivity index (χ4n) is 3.28. The van der Waals surface area contributed by atoms with Crippen LogP contribution in [0.2, 0.25) is 0 Å². The van der Waals surface area contributed by atoms with Gasteiger partial charge in [0.05, 0.1) is 15.1 Å². The van der Waals surface area contributed by atoms with Crippen LogP contribution in [0.4, 0.5) is 0 Å². The second kappa shape index (κ2) is 5.42. The molecule has 0 radical (unpaired) electrons. The summed E-state index contributed by atoms with van der Waals surface area (Å²) in [5, 5.41) is 0. The lowest BCUT2D eigenvalue weighted by molar-refractivity contribution is -0.131. The fourth-order valence-corrected chi connectivity index (χ4v) is 6.35. The fraction of sp³-hybridized carbons (Fsp3) is 0.375. The predicted molar refractivity (Wildman–Crippen MR) is 88.6 cm³/mol. The number of carbonyl (C=O) groups excluding carboxylic acids is 1. The van der Waals surface area contributed by atoms with Crippen molar-refractivity contribution in [3.8, 4) is 0 Å². The molecule has 0 unspecified atom stereocenters. The lowest BCUT2D eigenvalue weighted by Crippen LogP contribution is -2.38. The number of piperidine rings is 1. The Hall–Kier alpha value is -1.73. The summed E-state index contributed by atoms with van der Waals surface area (Å²) in [6, 6.07) is 7.42. The number of aromatic nitrogens is 1. The van der Waals surface area contributed by atoms with E-state index >= 15 is 0 Å². The number of amides is 1. The van der Waals surface area contributed by atoms with Crippen LogP contribution in [0.3, 0.4) is 0 Å². The minimum absolute atomic E-state index is 0.0444. The molecule has 5 nitrogen and oxygen atoms in total. The number of para-hydroxylation sites is 1. The lowest BCUT2D eigenvalue weighted by Gasteiger charge is -2.35. The van der Waals surface area contributed by atoms with Crippen LogP contribution >= 0.6 is 11.3 Å². The maximum atomic E-state index is 13.1. The monoisotopic (exact) mass is 348 g/mol. The van der Waals surface area contributed by atoms with Gasteiger partial charge in [-0.1, -0.05) is 12.1 Å². The van der Waals surface area contributed by atoms with Crippen LogP contribution in [0.5, 0.6) is 0 Å². The Labute approximate surface area is 138 Å². The SMILES string of the molecule is O=C1CCCC2=C(S(=O)(=O)c3nc4ccccc4s3)CCCN12. The molecule has 2 aliphatic rings. The summed E-state index contributed by atoms with van der Waals surface area (Å²) in [6.07, 6.45) is 3.08. The maximum absolute atomic E-state index is 13.1. The number of hydrogen-bond donors (Lipinski definition) is 0. The first-order chi connectivity index (χ1) is 11.1. The molecule has 1 amide bonds. The Morgan fingerprint density at radius 2 is 1.91 bits per heavy atom. The molecule has 2 aliphatic heterocycles. The molecule has 1 aromatic heterocycles. The number of benzene rings is 1. The van der Waals surface area contributed by atoms with Crippen molar-refractivity contribution in [1.82, 2.24) is 9.88 Å². The van der Waals surface area contributed by atoms with Gasteiger partial charge < -0.3 is 4.90 Å². The normalized spacial score (nSPS) is 19.3. The lowest BCUT2D eigenvalue weighted by atomic mass is 10.0. The van der Waals surface area contributed by atoms with Gasteiger partial charge in [-0.15, -0.1) is 11.3 Å². The van der Waals surface area contributed by atoms with E-state index in [9.17, 15) is 13.2 Å². The van der Waals surface area contributed by atoms with Crippen LogP contribution in [0.1, 0.15) is 32.1 Å². The molecule has 120 valence electrons. The number of allylic oxidation sites excluding steroid dienone is 2. The summed E-state index contributed by atoms with van der Waals surface area (Å²) in [5.74, 6) is 0.0444. The van der Waals surface area contributed by atoms with Crippen molar-refractivity contribution in [3.63, 3.8) is 0 Å². The smallest absolute Gasteiger partial charge is 0.231 e. The van der Waals surface area contributed by atoms with Gasteiger partial charge in [-0.3, -0.25) is 4.79 Å². The average Bonchev–Trinajstić information content (AvgIpc) is 3.00. The number of thiazole rings is 1. The highest BCUT2D eigenvalue weighted by molar-refractivity contribution is 7.97. The van der Waals surface area contributed by atoms with Crippen LogP contribution in [-0.4, -0.2) is 30.8 Å². The third-order valence-corrected chi connectivity index (χ3v) is 7.75. The molecular weight excluding hydrogens is 332 g/mol. The molecule has 1 aromatic carbocycles. The molecule has 0 saturated carbocycles. The van der Waals surface area contributed by atoms with Crippen LogP contribution in [0.15, 0.2) is 39.2 Å². The van der Waals surface area contributed by atoms with Gasteiger partial charge in [0.25, 0.3) is 0 Å². The zero-order chi connectivity index (χ0) is 16.0. The van der Waals surface area contributed by atoms with Crippen molar-refractivity contribution in [2.75, 3.05) is 6.54 Å². The van der Waals surface area contributed by atoms with Crippen molar-refractivity contribution in [1.29, 1.82) is 0 Å².